The van der Waals surface area contributed by atoms with Crippen LogP contribution in [0.1, 0.15) is 11.1 Å². The third kappa shape index (κ3) is 6.33. The van der Waals surface area contributed by atoms with Gasteiger partial charge in [0.2, 0.25) is 0 Å². The van der Waals surface area contributed by atoms with Crippen molar-refractivity contribution in [2.75, 3.05) is 12.4 Å². The lowest BCUT2D eigenvalue weighted by atomic mass is 9.98. The second-order valence-electron chi connectivity index (χ2n) is 6.08. The molecule has 0 radical (unpaired) electrons. The van der Waals surface area contributed by atoms with Crippen molar-refractivity contribution in [3.05, 3.63) is 99.4 Å². The van der Waals surface area contributed by atoms with Gasteiger partial charge < -0.3 is 9.84 Å². The number of thioether (sulfide) groups is 1. The fraction of sp³-hybridized carbons (Fsp3) is 0.0870. The summed E-state index contributed by atoms with van der Waals surface area (Å²) in [5, 5.41) is 8.71. The van der Waals surface area contributed by atoms with Crippen molar-refractivity contribution in [1.82, 2.24) is 0 Å². The van der Waals surface area contributed by atoms with Crippen LogP contribution in [0.4, 0.5) is 4.39 Å². The minimum Gasteiger partial charge on any atom is -0.482 e. The molecule has 3 rings (SSSR count). The Bertz CT molecular complexity index is 1020. The molecule has 0 bridgehead atoms. The number of halogens is 2. The molecule has 3 nitrogen and oxygen atoms in total. The highest BCUT2D eigenvalue weighted by Crippen LogP contribution is 2.30. The largest absolute Gasteiger partial charge is 0.482 e. The van der Waals surface area contributed by atoms with Gasteiger partial charge in [-0.25, -0.2) is 9.18 Å². The first-order chi connectivity index (χ1) is 14.0. The molecule has 0 fully saturated rings. The fourth-order valence-corrected chi connectivity index (χ4v) is 4.47. The zero-order chi connectivity index (χ0) is 20.6. The molecule has 0 amide bonds. The van der Waals surface area contributed by atoms with Gasteiger partial charge in [0, 0.05) is 14.2 Å². The lowest BCUT2D eigenvalue weighted by Gasteiger charge is -2.10. The van der Waals surface area contributed by atoms with E-state index in [2.05, 4.69) is 28.7 Å². The molecule has 0 saturated carbocycles. The average Bonchev–Trinajstić information content (AvgIpc) is 2.71. The van der Waals surface area contributed by atoms with Gasteiger partial charge in [0.15, 0.2) is 6.61 Å². The van der Waals surface area contributed by atoms with Gasteiger partial charge in [0.1, 0.15) is 11.6 Å². The molecular formula is C23H18FIO3S. The van der Waals surface area contributed by atoms with Crippen LogP contribution in [0.3, 0.4) is 0 Å². The van der Waals surface area contributed by atoms with Crippen molar-refractivity contribution in [3.63, 3.8) is 0 Å². The number of rotatable bonds is 8. The summed E-state index contributed by atoms with van der Waals surface area (Å²) in [6.45, 7) is -0.362. The standard InChI is InChI=1S/C23H18FIO3S/c24-18-8-4-7-17(13-18)20(16-5-2-1-3-6-16)11-12-29-22-10-9-19(14-21(22)25)28-15-23(26)27/h1-11,13-14H,12,15H2,(H,26,27)/b20-11-. The predicted molar refractivity (Wildman–Crippen MR) is 123 cm³/mol. The van der Waals surface area contributed by atoms with Crippen molar-refractivity contribution in [1.29, 1.82) is 0 Å². The molecule has 0 aromatic heterocycles. The van der Waals surface area contributed by atoms with E-state index in [1.165, 1.54) is 6.07 Å². The molecular weight excluding hydrogens is 502 g/mol. The van der Waals surface area contributed by atoms with Crippen LogP contribution in [-0.4, -0.2) is 23.4 Å². The molecule has 0 aliphatic rings. The number of ether oxygens (including phenoxy) is 1. The third-order valence-corrected chi connectivity index (χ3v) is 6.27. The molecule has 0 saturated heterocycles. The Hall–Kier alpha value is -2.32. The molecule has 29 heavy (non-hydrogen) atoms. The van der Waals surface area contributed by atoms with Crippen molar-refractivity contribution < 1.29 is 19.0 Å². The topological polar surface area (TPSA) is 46.5 Å². The van der Waals surface area contributed by atoms with Gasteiger partial charge in [-0.3, -0.25) is 0 Å². The molecule has 3 aromatic rings. The zero-order valence-corrected chi connectivity index (χ0v) is 18.3. The van der Waals surface area contributed by atoms with Crippen molar-refractivity contribution in [3.8, 4) is 5.75 Å². The van der Waals surface area contributed by atoms with Crippen LogP contribution in [0.2, 0.25) is 0 Å². The van der Waals surface area contributed by atoms with E-state index < -0.39 is 5.97 Å². The zero-order valence-electron chi connectivity index (χ0n) is 15.3. The van der Waals surface area contributed by atoms with E-state index in [0.29, 0.717) is 11.5 Å². The fourth-order valence-electron chi connectivity index (χ4n) is 2.72. The Morgan fingerprint density at radius 2 is 1.79 bits per heavy atom. The summed E-state index contributed by atoms with van der Waals surface area (Å²) in [5.41, 5.74) is 2.85. The SMILES string of the molecule is O=C(O)COc1ccc(SC/C=C(/c2ccccc2)c2cccc(F)c2)c(I)c1. The number of benzene rings is 3. The van der Waals surface area contributed by atoms with E-state index >= 15 is 0 Å². The number of hydrogen-bond acceptors (Lipinski definition) is 3. The summed E-state index contributed by atoms with van der Waals surface area (Å²) in [6, 6.07) is 22.0. The second-order valence-corrected chi connectivity index (χ2v) is 8.30. The van der Waals surface area contributed by atoms with Crippen LogP contribution < -0.4 is 4.74 Å². The predicted octanol–water partition coefficient (Wildman–Crippen LogP) is 6.12. The van der Waals surface area contributed by atoms with E-state index in [-0.39, 0.29) is 12.4 Å². The molecule has 6 heteroatoms. The van der Waals surface area contributed by atoms with Gasteiger partial charge >= 0.3 is 5.97 Å². The number of carbonyl (C=O) groups is 1. The first-order valence-corrected chi connectivity index (χ1v) is 10.9. The number of carboxylic acid groups (broad SMARTS) is 1. The molecule has 3 aromatic carbocycles. The molecule has 0 aliphatic carbocycles. The Balaban J connectivity index is 1.77. The summed E-state index contributed by atoms with van der Waals surface area (Å²) >= 11 is 3.86. The van der Waals surface area contributed by atoms with E-state index in [0.717, 1.165) is 25.2 Å². The summed E-state index contributed by atoms with van der Waals surface area (Å²) in [5.74, 6) is -0.0363. The van der Waals surface area contributed by atoms with E-state index in [9.17, 15) is 9.18 Å². The highest BCUT2D eigenvalue weighted by atomic mass is 127. The van der Waals surface area contributed by atoms with Gasteiger partial charge in [-0.1, -0.05) is 48.5 Å². The van der Waals surface area contributed by atoms with Crippen LogP contribution in [0.15, 0.2) is 83.8 Å². The smallest absolute Gasteiger partial charge is 0.341 e. The quantitative estimate of drug-likeness (QED) is 0.287. The van der Waals surface area contributed by atoms with Crippen LogP contribution in [-0.2, 0) is 4.79 Å². The van der Waals surface area contributed by atoms with Crippen molar-refractivity contribution >= 4 is 45.9 Å². The Kier molecular flexibility index (Phi) is 7.71. The number of carboxylic acids is 1. The number of aliphatic carboxylic acids is 1. The molecule has 0 spiro atoms. The van der Waals surface area contributed by atoms with Crippen molar-refractivity contribution in [2.24, 2.45) is 0 Å². The van der Waals surface area contributed by atoms with Gasteiger partial charge in [-0.05, 0) is 69.6 Å². The van der Waals surface area contributed by atoms with Gasteiger partial charge in [-0.15, -0.1) is 11.8 Å². The normalized spacial score (nSPS) is 11.3. The van der Waals surface area contributed by atoms with Crippen LogP contribution >= 0.6 is 34.4 Å². The van der Waals surface area contributed by atoms with Crippen molar-refractivity contribution in [2.45, 2.75) is 4.90 Å². The molecule has 0 unspecified atom stereocenters. The Morgan fingerprint density at radius 3 is 2.48 bits per heavy atom. The monoisotopic (exact) mass is 520 g/mol. The summed E-state index contributed by atoms with van der Waals surface area (Å²) in [4.78, 5) is 11.7. The minimum absolute atomic E-state index is 0.261. The first kappa shape index (κ1) is 21.4. The molecule has 0 atom stereocenters. The first-order valence-electron chi connectivity index (χ1n) is 8.81. The van der Waals surface area contributed by atoms with Crippen LogP contribution in [0.25, 0.3) is 5.57 Å². The Labute approximate surface area is 186 Å². The molecule has 148 valence electrons. The maximum atomic E-state index is 13.8. The lowest BCUT2D eigenvalue weighted by Crippen LogP contribution is -2.09. The van der Waals surface area contributed by atoms with Crippen LogP contribution in [0, 0.1) is 9.39 Å². The van der Waals surface area contributed by atoms with E-state index in [4.69, 9.17) is 9.84 Å². The van der Waals surface area contributed by atoms with E-state index in [1.54, 1.807) is 30.0 Å². The van der Waals surface area contributed by atoms with Gasteiger partial charge in [0.25, 0.3) is 0 Å². The molecule has 0 heterocycles. The number of hydrogen-bond donors (Lipinski definition) is 1. The van der Waals surface area contributed by atoms with E-state index in [1.807, 2.05) is 48.5 Å². The maximum absolute atomic E-state index is 13.8. The van der Waals surface area contributed by atoms with Gasteiger partial charge in [0.05, 0.1) is 0 Å². The second kappa shape index (κ2) is 10.5. The molecule has 0 aliphatic heterocycles. The minimum atomic E-state index is -1.01. The van der Waals surface area contributed by atoms with Crippen LogP contribution in [0.5, 0.6) is 5.75 Å². The van der Waals surface area contributed by atoms with Gasteiger partial charge in [-0.2, -0.15) is 0 Å². The summed E-state index contributed by atoms with van der Waals surface area (Å²) in [6.07, 6.45) is 2.10. The average molecular weight is 520 g/mol. The highest BCUT2D eigenvalue weighted by Gasteiger charge is 2.08. The third-order valence-electron chi connectivity index (χ3n) is 4.01. The maximum Gasteiger partial charge on any atom is 0.341 e. The summed E-state index contributed by atoms with van der Waals surface area (Å²) < 4.78 is 19.9. The Morgan fingerprint density at radius 1 is 1.03 bits per heavy atom. The lowest BCUT2D eigenvalue weighted by molar-refractivity contribution is -0.139. The molecule has 1 N–H and O–H groups in total. The summed E-state index contributed by atoms with van der Waals surface area (Å²) in [7, 11) is 0. The highest BCUT2D eigenvalue weighted by molar-refractivity contribution is 14.1.